The summed E-state index contributed by atoms with van der Waals surface area (Å²) in [5.41, 5.74) is -0.266. The molecule has 1 heterocycles. The molecule has 0 saturated heterocycles. The van der Waals surface area contributed by atoms with Crippen molar-refractivity contribution in [3.05, 3.63) is 36.2 Å². The van der Waals surface area contributed by atoms with E-state index in [1.165, 1.54) is 0 Å². The number of nitrogens with zero attached hydrogens (tertiary/aromatic N) is 3. The van der Waals surface area contributed by atoms with Gasteiger partial charge in [0.15, 0.2) is 17.5 Å². The van der Waals surface area contributed by atoms with Gasteiger partial charge in [-0.25, -0.2) is 9.97 Å². The standard InChI is InChI=1S/C18H23F3N6O2.HI/c1-4-29-13-6-5-12(11-14(13)28-3)26-16(22-2)24-9-10-25-17-23-8-7-15(27-17)18(19,20)21;/h5-8,11H,4,9-10H2,1-3H3,(H2,22,24,26)(H,23,25,27);1H. The zero-order valence-electron chi connectivity index (χ0n) is 16.7. The van der Waals surface area contributed by atoms with Gasteiger partial charge < -0.3 is 25.4 Å². The average Bonchev–Trinajstić information content (AvgIpc) is 2.71. The summed E-state index contributed by atoms with van der Waals surface area (Å²) in [4.78, 5) is 11.3. The van der Waals surface area contributed by atoms with Crippen molar-refractivity contribution in [1.82, 2.24) is 15.3 Å². The minimum absolute atomic E-state index is 0. The van der Waals surface area contributed by atoms with Gasteiger partial charge in [0.1, 0.15) is 5.69 Å². The maximum Gasteiger partial charge on any atom is 0.433 e. The van der Waals surface area contributed by atoms with Gasteiger partial charge in [-0.05, 0) is 25.1 Å². The smallest absolute Gasteiger partial charge is 0.433 e. The van der Waals surface area contributed by atoms with Crippen LogP contribution in [0.1, 0.15) is 12.6 Å². The van der Waals surface area contributed by atoms with E-state index >= 15 is 0 Å². The fourth-order valence-corrected chi connectivity index (χ4v) is 2.29. The second-order valence-electron chi connectivity index (χ2n) is 5.61. The number of guanidine groups is 1. The Labute approximate surface area is 189 Å². The molecule has 12 heteroatoms. The lowest BCUT2D eigenvalue weighted by atomic mass is 10.2. The number of benzene rings is 1. The van der Waals surface area contributed by atoms with E-state index in [1.54, 1.807) is 26.3 Å². The molecule has 1 aromatic carbocycles. The summed E-state index contributed by atoms with van der Waals surface area (Å²) in [5.74, 6) is 1.59. The fourth-order valence-electron chi connectivity index (χ4n) is 2.29. The Kier molecular flexibility index (Phi) is 10.4. The van der Waals surface area contributed by atoms with E-state index in [0.717, 1.165) is 18.0 Å². The van der Waals surface area contributed by atoms with Crippen LogP contribution < -0.4 is 25.4 Å². The van der Waals surface area contributed by atoms with Gasteiger partial charge in [0.05, 0.1) is 13.7 Å². The molecule has 0 spiro atoms. The van der Waals surface area contributed by atoms with Crippen LogP contribution in [0.3, 0.4) is 0 Å². The van der Waals surface area contributed by atoms with Crippen LogP contribution in [0.5, 0.6) is 11.5 Å². The summed E-state index contributed by atoms with van der Waals surface area (Å²) in [5, 5.41) is 8.87. The van der Waals surface area contributed by atoms with E-state index < -0.39 is 11.9 Å². The zero-order chi connectivity index (χ0) is 21.3. The molecule has 0 unspecified atom stereocenters. The number of halogens is 4. The number of anilines is 2. The van der Waals surface area contributed by atoms with Crippen LogP contribution in [0.4, 0.5) is 24.8 Å². The Morgan fingerprint density at radius 3 is 2.57 bits per heavy atom. The summed E-state index contributed by atoms with van der Waals surface area (Å²) in [7, 11) is 3.15. The van der Waals surface area contributed by atoms with Crippen LogP contribution in [-0.4, -0.2) is 49.8 Å². The lowest BCUT2D eigenvalue weighted by molar-refractivity contribution is -0.141. The van der Waals surface area contributed by atoms with E-state index in [9.17, 15) is 13.2 Å². The predicted octanol–water partition coefficient (Wildman–Crippen LogP) is 3.62. The highest BCUT2D eigenvalue weighted by Crippen LogP contribution is 2.30. The van der Waals surface area contributed by atoms with Crippen LogP contribution in [-0.2, 0) is 6.18 Å². The van der Waals surface area contributed by atoms with Crippen LogP contribution in [0.25, 0.3) is 0 Å². The quantitative estimate of drug-likeness (QED) is 0.204. The van der Waals surface area contributed by atoms with Gasteiger partial charge in [-0.3, -0.25) is 4.99 Å². The highest BCUT2D eigenvalue weighted by molar-refractivity contribution is 14.0. The number of hydrogen-bond donors (Lipinski definition) is 3. The molecule has 0 saturated carbocycles. The molecule has 8 nitrogen and oxygen atoms in total. The number of ether oxygens (including phenoxy) is 2. The molecule has 166 valence electrons. The number of hydrogen-bond acceptors (Lipinski definition) is 6. The van der Waals surface area contributed by atoms with Crippen molar-refractivity contribution >= 4 is 41.6 Å². The third kappa shape index (κ3) is 7.72. The fraction of sp³-hybridized carbons (Fsp3) is 0.389. The Morgan fingerprint density at radius 2 is 1.93 bits per heavy atom. The normalized spacial score (nSPS) is 11.3. The lowest BCUT2D eigenvalue weighted by Gasteiger charge is -2.15. The summed E-state index contributed by atoms with van der Waals surface area (Å²) in [6.07, 6.45) is -3.45. The van der Waals surface area contributed by atoms with Gasteiger partial charge in [-0.15, -0.1) is 24.0 Å². The third-order valence-corrected chi connectivity index (χ3v) is 3.60. The maximum atomic E-state index is 12.7. The summed E-state index contributed by atoms with van der Waals surface area (Å²) < 4.78 is 48.8. The van der Waals surface area contributed by atoms with Crippen LogP contribution in [0, 0.1) is 0 Å². The molecule has 1 aromatic heterocycles. The van der Waals surface area contributed by atoms with E-state index in [2.05, 4.69) is 30.9 Å². The van der Waals surface area contributed by atoms with Crippen molar-refractivity contribution in [3.8, 4) is 11.5 Å². The van der Waals surface area contributed by atoms with Gasteiger partial charge in [-0.2, -0.15) is 13.2 Å². The molecule has 0 atom stereocenters. The van der Waals surface area contributed by atoms with Crippen molar-refractivity contribution < 1.29 is 22.6 Å². The molecule has 0 fully saturated rings. The Bertz CT molecular complexity index is 836. The van der Waals surface area contributed by atoms with Crippen LogP contribution in [0.2, 0.25) is 0 Å². The highest BCUT2D eigenvalue weighted by Gasteiger charge is 2.32. The van der Waals surface area contributed by atoms with Crippen molar-refractivity contribution in [3.63, 3.8) is 0 Å². The molecule has 2 aromatic rings. The van der Waals surface area contributed by atoms with Gasteiger partial charge in [-0.1, -0.05) is 0 Å². The molecule has 0 radical (unpaired) electrons. The minimum Gasteiger partial charge on any atom is -0.493 e. The summed E-state index contributed by atoms with van der Waals surface area (Å²) >= 11 is 0. The first-order valence-electron chi connectivity index (χ1n) is 8.80. The molecule has 30 heavy (non-hydrogen) atoms. The minimum atomic E-state index is -4.51. The van der Waals surface area contributed by atoms with Crippen molar-refractivity contribution in [1.29, 1.82) is 0 Å². The SMILES string of the molecule is CCOc1ccc(NC(=NC)NCCNc2nccc(C(F)(F)F)n2)cc1OC.I. The summed E-state index contributed by atoms with van der Waals surface area (Å²) in [6, 6.07) is 6.19. The third-order valence-electron chi connectivity index (χ3n) is 3.60. The molecule has 0 aliphatic heterocycles. The highest BCUT2D eigenvalue weighted by atomic mass is 127. The molecule has 0 bridgehead atoms. The van der Waals surface area contributed by atoms with Gasteiger partial charge in [0.25, 0.3) is 0 Å². The molecule has 0 aliphatic carbocycles. The van der Waals surface area contributed by atoms with Gasteiger partial charge in [0.2, 0.25) is 5.95 Å². The number of aromatic nitrogens is 2. The molecule has 0 aliphatic rings. The topological polar surface area (TPSA) is 92.7 Å². The number of nitrogens with one attached hydrogen (secondary N) is 3. The first-order chi connectivity index (χ1) is 13.9. The van der Waals surface area contributed by atoms with Crippen molar-refractivity contribution in [2.24, 2.45) is 4.99 Å². The molecule has 2 rings (SSSR count). The van der Waals surface area contributed by atoms with Gasteiger partial charge >= 0.3 is 6.18 Å². The maximum absolute atomic E-state index is 12.7. The number of aliphatic imine (C=N–C) groups is 1. The monoisotopic (exact) mass is 540 g/mol. The van der Waals surface area contributed by atoms with E-state index in [1.807, 2.05) is 13.0 Å². The Hall–Kier alpha value is -2.51. The molecule has 3 N–H and O–H groups in total. The van der Waals surface area contributed by atoms with Crippen molar-refractivity contribution in [2.45, 2.75) is 13.1 Å². The first kappa shape index (κ1) is 25.5. The second-order valence-corrected chi connectivity index (χ2v) is 5.61. The Morgan fingerprint density at radius 1 is 1.17 bits per heavy atom. The predicted molar refractivity (Wildman–Crippen MR) is 120 cm³/mol. The van der Waals surface area contributed by atoms with Crippen LogP contribution in [0.15, 0.2) is 35.5 Å². The number of methoxy groups -OCH3 is 1. The zero-order valence-corrected chi connectivity index (χ0v) is 19.0. The molecular formula is C18H24F3IN6O2. The number of alkyl halides is 3. The number of rotatable bonds is 8. The van der Waals surface area contributed by atoms with Crippen molar-refractivity contribution in [2.75, 3.05) is 44.5 Å². The molecular weight excluding hydrogens is 516 g/mol. The Balaban J connectivity index is 0.00000450. The van der Waals surface area contributed by atoms with Gasteiger partial charge in [0, 0.05) is 38.1 Å². The summed E-state index contributed by atoms with van der Waals surface area (Å²) in [6.45, 7) is 3.06. The van der Waals surface area contributed by atoms with E-state index in [-0.39, 0.29) is 36.5 Å². The average molecular weight is 540 g/mol. The largest absolute Gasteiger partial charge is 0.493 e. The van der Waals surface area contributed by atoms with E-state index in [0.29, 0.717) is 30.6 Å². The van der Waals surface area contributed by atoms with Crippen LogP contribution >= 0.6 is 24.0 Å². The lowest BCUT2D eigenvalue weighted by Crippen LogP contribution is -2.34. The second kappa shape index (κ2) is 12.2. The first-order valence-corrected chi connectivity index (χ1v) is 8.80. The molecule has 0 amide bonds. The van der Waals surface area contributed by atoms with E-state index in [4.69, 9.17) is 9.47 Å².